The molecule has 0 radical (unpaired) electrons. The van der Waals surface area contributed by atoms with E-state index in [2.05, 4.69) is 10.5 Å². The van der Waals surface area contributed by atoms with Crippen LogP contribution in [0.4, 0.5) is 11.4 Å². The fourth-order valence-corrected chi connectivity index (χ4v) is 3.06. The van der Waals surface area contributed by atoms with Crippen LogP contribution in [0.25, 0.3) is 0 Å². The molecule has 2 heterocycles. The summed E-state index contributed by atoms with van der Waals surface area (Å²) < 4.78 is 10.9. The maximum atomic E-state index is 12.8. The highest BCUT2D eigenvalue weighted by atomic mass is 16.5. The Morgan fingerprint density at radius 3 is 2.70 bits per heavy atom. The van der Waals surface area contributed by atoms with Crippen LogP contribution in [0, 0.1) is 5.41 Å². The Morgan fingerprint density at radius 1 is 1.22 bits per heavy atom. The number of hydrogen-bond acceptors (Lipinski definition) is 5. The zero-order valence-corrected chi connectivity index (χ0v) is 15.7. The molecule has 0 atom stereocenters. The Labute approximate surface area is 157 Å². The smallest absolute Gasteiger partial charge is 0.277 e. The molecular formula is C20H23N3O4. The fourth-order valence-electron chi connectivity index (χ4n) is 3.06. The molecule has 1 fully saturated rings. The van der Waals surface area contributed by atoms with Crippen LogP contribution in [0.1, 0.15) is 55.8 Å². The Balaban J connectivity index is 1.55. The summed E-state index contributed by atoms with van der Waals surface area (Å²) >= 11 is 0. The summed E-state index contributed by atoms with van der Waals surface area (Å²) in [6.45, 7) is 6.59. The van der Waals surface area contributed by atoms with Gasteiger partial charge in [0, 0.05) is 23.1 Å². The van der Waals surface area contributed by atoms with E-state index in [1.165, 1.54) is 0 Å². The molecule has 0 unspecified atom stereocenters. The van der Waals surface area contributed by atoms with Crippen molar-refractivity contribution in [1.29, 1.82) is 0 Å². The lowest BCUT2D eigenvalue weighted by Gasteiger charge is -2.34. The van der Waals surface area contributed by atoms with E-state index in [9.17, 15) is 9.59 Å². The molecule has 1 aromatic heterocycles. The van der Waals surface area contributed by atoms with Gasteiger partial charge < -0.3 is 19.5 Å². The monoisotopic (exact) mass is 369 g/mol. The Kier molecular flexibility index (Phi) is 4.17. The van der Waals surface area contributed by atoms with Crippen LogP contribution in [-0.4, -0.2) is 30.1 Å². The summed E-state index contributed by atoms with van der Waals surface area (Å²) in [7, 11) is 0. The minimum atomic E-state index is -0.506. The first kappa shape index (κ1) is 17.6. The van der Waals surface area contributed by atoms with E-state index >= 15 is 0 Å². The molecule has 1 N–H and O–H groups in total. The molecule has 0 spiro atoms. The van der Waals surface area contributed by atoms with Crippen LogP contribution >= 0.6 is 0 Å². The van der Waals surface area contributed by atoms with Gasteiger partial charge in [0.1, 0.15) is 18.1 Å². The second kappa shape index (κ2) is 6.40. The quantitative estimate of drug-likeness (QED) is 0.894. The zero-order chi connectivity index (χ0) is 19.2. The minimum absolute atomic E-state index is 0.0149. The molecule has 27 heavy (non-hydrogen) atoms. The van der Waals surface area contributed by atoms with Crippen molar-refractivity contribution in [2.45, 2.75) is 39.5 Å². The predicted octanol–water partition coefficient (Wildman–Crippen LogP) is 3.58. The van der Waals surface area contributed by atoms with Gasteiger partial charge in [-0.05, 0) is 31.0 Å². The second-order valence-corrected chi connectivity index (χ2v) is 8.08. The van der Waals surface area contributed by atoms with Gasteiger partial charge in [0.2, 0.25) is 5.91 Å². The third-order valence-electron chi connectivity index (χ3n) is 4.71. The highest BCUT2D eigenvalue weighted by molar-refractivity contribution is 6.04. The fraction of sp³-hybridized carbons (Fsp3) is 0.450. The van der Waals surface area contributed by atoms with Gasteiger partial charge in [-0.3, -0.25) is 9.59 Å². The molecule has 4 rings (SSSR count). The van der Waals surface area contributed by atoms with Gasteiger partial charge in [0.15, 0.2) is 5.69 Å². The van der Waals surface area contributed by atoms with Gasteiger partial charge in [-0.15, -0.1) is 0 Å². The van der Waals surface area contributed by atoms with Crippen molar-refractivity contribution in [2.75, 3.05) is 23.4 Å². The van der Waals surface area contributed by atoms with E-state index < -0.39 is 5.41 Å². The topological polar surface area (TPSA) is 84.7 Å². The molecule has 1 aliphatic carbocycles. The SMILES string of the molecule is CC(C)(C)C(=O)N1CCOc2ccc(NC(=O)c3cc(C4CC4)on3)cc21. The van der Waals surface area contributed by atoms with E-state index in [4.69, 9.17) is 9.26 Å². The summed E-state index contributed by atoms with van der Waals surface area (Å²) in [5.74, 6) is 1.48. The van der Waals surface area contributed by atoms with Gasteiger partial charge in [0.25, 0.3) is 5.91 Å². The van der Waals surface area contributed by atoms with Crippen molar-refractivity contribution >= 4 is 23.2 Å². The lowest BCUT2D eigenvalue weighted by molar-refractivity contribution is -0.126. The Morgan fingerprint density at radius 2 is 2.00 bits per heavy atom. The van der Waals surface area contributed by atoms with Crippen molar-refractivity contribution < 1.29 is 18.8 Å². The van der Waals surface area contributed by atoms with Crippen molar-refractivity contribution in [2.24, 2.45) is 5.41 Å². The maximum absolute atomic E-state index is 12.8. The first-order chi connectivity index (χ1) is 12.8. The van der Waals surface area contributed by atoms with E-state index in [0.717, 1.165) is 18.6 Å². The molecule has 2 aliphatic rings. The van der Waals surface area contributed by atoms with Crippen molar-refractivity contribution in [3.63, 3.8) is 0 Å². The van der Waals surface area contributed by atoms with Crippen LogP contribution in [0.5, 0.6) is 5.75 Å². The first-order valence-corrected chi connectivity index (χ1v) is 9.20. The lowest BCUT2D eigenvalue weighted by atomic mass is 9.94. The summed E-state index contributed by atoms with van der Waals surface area (Å²) in [6, 6.07) is 6.98. The molecule has 1 aliphatic heterocycles. The van der Waals surface area contributed by atoms with Crippen LogP contribution in [-0.2, 0) is 4.79 Å². The van der Waals surface area contributed by atoms with Gasteiger partial charge in [-0.25, -0.2) is 0 Å². The van der Waals surface area contributed by atoms with Crippen molar-refractivity contribution in [3.05, 3.63) is 35.7 Å². The maximum Gasteiger partial charge on any atom is 0.277 e. The van der Waals surface area contributed by atoms with Gasteiger partial charge in [0.05, 0.1) is 12.2 Å². The van der Waals surface area contributed by atoms with E-state index in [-0.39, 0.29) is 17.5 Å². The molecule has 1 aromatic carbocycles. The van der Waals surface area contributed by atoms with Gasteiger partial charge in [-0.2, -0.15) is 0 Å². The average molecular weight is 369 g/mol. The third-order valence-corrected chi connectivity index (χ3v) is 4.71. The summed E-state index contributed by atoms with van der Waals surface area (Å²) in [6.07, 6.45) is 2.16. The standard InChI is InChI=1S/C20H23N3O4/c1-20(2,3)19(25)23-8-9-26-16-7-6-13(10-15(16)23)21-18(24)14-11-17(27-22-14)12-4-5-12/h6-7,10-12H,4-5,8-9H2,1-3H3,(H,21,24). The van der Waals surface area contributed by atoms with E-state index in [1.807, 2.05) is 20.8 Å². The molecular weight excluding hydrogens is 346 g/mol. The number of ether oxygens (including phenoxy) is 1. The largest absolute Gasteiger partial charge is 0.490 e. The summed E-state index contributed by atoms with van der Waals surface area (Å²) in [4.78, 5) is 27.0. The van der Waals surface area contributed by atoms with Crippen LogP contribution in [0.2, 0.25) is 0 Å². The molecule has 7 heteroatoms. The van der Waals surface area contributed by atoms with E-state index in [1.54, 1.807) is 29.2 Å². The average Bonchev–Trinajstić information content (AvgIpc) is 3.36. The number of hydrogen-bond donors (Lipinski definition) is 1. The number of rotatable bonds is 3. The molecule has 1 saturated carbocycles. The molecule has 7 nitrogen and oxygen atoms in total. The molecule has 0 bridgehead atoms. The number of nitrogens with zero attached hydrogens (tertiary/aromatic N) is 2. The molecule has 2 aromatic rings. The normalized spacial score (nSPS) is 16.5. The number of amides is 2. The number of aromatic nitrogens is 1. The third kappa shape index (κ3) is 3.54. The number of fused-ring (bicyclic) bond motifs is 1. The second-order valence-electron chi connectivity index (χ2n) is 8.08. The Hall–Kier alpha value is -2.83. The van der Waals surface area contributed by atoms with Crippen LogP contribution in [0.15, 0.2) is 28.8 Å². The lowest BCUT2D eigenvalue weighted by Crippen LogP contribution is -2.44. The number of benzene rings is 1. The first-order valence-electron chi connectivity index (χ1n) is 9.20. The number of carbonyl (C=O) groups excluding carboxylic acids is 2. The van der Waals surface area contributed by atoms with Gasteiger partial charge in [-0.1, -0.05) is 25.9 Å². The number of nitrogens with one attached hydrogen (secondary N) is 1. The predicted molar refractivity (Wildman–Crippen MR) is 100 cm³/mol. The summed E-state index contributed by atoms with van der Waals surface area (Å²) in [5.41, 5.74) is 0.992. The summed E-state index contributed by atoms with van der Waals surface area (Å²) in [5, 5.41) is 6.68. The minimum Gasteiger partial charge on any atom is -0.490 e. The van der Waals surface area contributed by atoms with Crippen molar-refractivity contribution in [3.8, 4) is 5.75 Å². The van der Waals surface area contributed by atoms with Crippen LogP contribution < -0.4 is 15.0 Å². The van der Waals surface area contributed by atoms with Crippen LogP contribution in [0.3, 0.4) is 0 Å². The molecule has 142 valence electrons. The van der Waals surface area contributed by atoms with Crippen molar-refractivity contribution in [1.82, 2.24) is 5.16 Å². The number of carbonyl (C=O) groups is 2. The highest BCUT2D eigenvalue weighted by Crippen LogP contribution is 2.40. The highest BCUT2D eigenvalue weighted by Gasteiger charge is 2.32. The zero-order valence-electron chi connectivity index (χ0n) is 15.7. The molecule has 2 amide bonds. The van der Waals surface area contributed by atoms with E-state index in [0.29, 0.717) is 36.2 Å². The van der Waals surface area contributed by atoms with Gasteiger partial charge >= 0.3 is 0 Å². The Bertz CT molecular complexity index is 893. The molecule has 0 saturated heterocycles. The number of anilines is 2.